The van der Waals surface area contributed by atoms with Gasteiger partial charge in [0.25, 0.3) is 5.91 Å². The summed E-state index contributed by atoms with van der Waals surface area (Å²) in [6.07, 6.45) is 0.901. The molecule has 11 heteroatoms. The standard InChI is InChI=1S/C29H30FN3O7/c1-32(2)22-17-10-13-9-16-19(23(34)15-8-12(11-33-6-3-7-33)4-5-14(15)21(16)30)24(35)18(13)26(37)29(17,40)27(38)20(25(22)36)28(31)39/h4-5,8,13,17,22,34-35,38,40H,3,6-7,9-11H2,1-2H3,(H2,31,39)/t13-,17-,22-,29-/m0/s1. The second kappa shape index (κ2) is 8.85. The number of ketones is 2. The number of aliphatic hydroxyl groups excluding tert-OH is 2. The number of aromatic hydroxyl groups is 1. The third-order valence-corrected chi connectivity index (χ3v) is 9.05. The van der Waals surface area contributed by atoms with E-state index in [1.54, 1.807) is 18.2 Å². The molecule has 0 radical (unpaired) electrons. The smallest absolute Gasteiger partial charge is 0.255 e. The van der Waals surface area contributed by atoms with Gasteiger partial charge < -0.3 is 26.2 Å². The molecule has 1 aliphatic heterocycles. The van der Waals surface area contributed by atoms with Crippen LogP contribution in [-0.4, -0.2) is 86.5 Å². The van der Waals surface area contributed by atoms with E-state index in [-0.39, 0.29) is 40.3 Å². The molecule has 6 rings (SSSR count). The Bertz CT molecular complexity index is 1590. The number of likely N-dealkylation sites (tertiary alicyclic amines) is 1. The van der Waals surface area contributed by atoms with Crippen molar-refractivity contribution >= 4 is 34.0 Å². The topological polar surface area (TPSA) is 165 Å². The molecule has 2 aromatic carbocycles. The molecular formula is C29H30FN3O7. The predicted molar refractivity (Wildman–Crippen MR) is 142 cm³/mol. The molecule has 2 aromatic rings. The molecule has 0 unspecified atom stereocenters. The van der Waals surface area contributed by atoms with E-state index in [0.29, 0.717) is 6.54 Å². The van der Waals surface area contributed by atoms with Gasteiger partial charge in [-0.2, -0.15) is 0 Å². The van der Waals surface area contributed by atoms with Crippen molar-refractivity contribution < 1.29 is 39.2 Å². The summed E-state index contributed by atoms with van der Waals surface area (Å²) in [5, 5.41) is 45.7. The minimum atomic E-state index is -2.74. The summed E-state index contributed by atoms with van der Waals surface area (Å²) in [5.74, 6) is -8.22. The number of nitrogens with zero attached hydrogens (tertiary/aromatic N) is 2. The number of hydrogen-bond acceptors (Lipinski definition) is 9. The number of fused-ring (bicyclic) bond motifs is 4. The zero-order valence-corrected chi connectivity index (χ0v) is 22.1. The van der Waals surface area contributed by atoms with Crippen LogP contribution in [0.25, 0.3) is 16.5 Å². The van der Waals surface area contributed by atoms with Gasteiger partial charge in [-0.15, -0.1) is 0 Å². The highest BCUT2D eigenvalue weighted by molar-refractivity contribution is 6.24. The van der Waals surface area contributed by atoms with Crippen molar-refractivity contribution in [3.63, 3.8) is 0 Å². The van der Waals surface area contributed by atoms with Crippen molar-refractivity contribution in [3.8, 4) is 5.75 Å². The first-order valence-electron chi connectivity index (χ1n) is 13.2. The van der Waals surface area contributed by atoms with Crippen LogP contribution in [0.3, 0.4) is 0 Å². The van der Waals surface area contributed by atoms with Crippen LogP contribution in [0.1, 0.15) is 29.5 Å². The van der Waals surface area contributed by atoms with E-state index in [4.69, 9.17) is 5.73 Å². The van der Waals surface area contributed by atoms with E-state index in [2.05, 4.69) is 4.90 Å². The number of carbonyl (C=O) groups excluding carboxylic acids is 3. The molecule has 0 spiro atoms. The first-order valence-corrected chi connectivity index (χ1v) is 13.2. The van der Waals surface area contributed by atoms with Gasteiger partial charge in [0.15, 0.2) is 11.4 Å². The number of hydrogen-bond donors (Lipinski definition) is 5. The van der Waals surface area contributed by atoms with Gasteiger partial charge in [0.05, 0.1) is 11.6 Å². The molecule has 40 heavy (non-hydrogen) atoms. The third-order valence-electron chi connectivity index (χ3n) is 9.05. The van der Waals surface area contributed by atoms with Gasteiger partial charge in [0.2, 0.25) is 5.78 Å². The maximum Gasteiger partial charge on any atom is 0.255 e. The number of aliphatic hydroxyl groups is 3. The lowest BCUT2D eigenvalue weighted by molar-refractivity contribution is -0.153. The lowest BCUT2D eigenvalue weighted by atomic mass is 9.57. The highest BCUT2D eigenvalue weighted by atomic mass is 19.1. The van der Waals surface area contributed by atoms with Crippen LogP contribution in [0.2, 0.25) is 0 Å². The summed E-state index contributed by atoms with van der Waals surface area (Å²) in [4.78, 5) is 42.8. The van der Waals surface area contributed by atoms with E-state index >= 15 is 4.39 Å². The normalized spacial score (nSPS) is 28.5. The Hall–Kier alpha value is -3.80. The summed E-state index contributed by atoms with van der Waals surface area (Å²) >= 11 is 0. The van der Waals surface area contributed by atoms with E-state index in [0.717, 1.165) is 25.1 Å². The SMILES string of the molecule is CN(C)[C@@H]1C(=O)C(C(N)=O)=C(O)[C@@]2(O)C(=O)C3=C(O)c4c(c(F)c5ccc(CN6CCC6)cc5c4O)C[C@H]3C[C@@H]12. The van der Waals surface area contributed by atoms with E-state index < -0.39 is 69.6 Å². The molecule has 0 aromatic heterocycles. The van der Waals surface area contributed by atoms with Gasteiger partial charge in [-0.3, -0.25) is 24.2 Å². The summed E-state index contributed by atoms with van der Waals surface area (Å²) in [6.45, 7) is 2.51. The number of phenolic OH excluding ortho intramolecular Hbond substituents is 1. The zero-order valence-electron chi connectivity index (χ0n) is 22.1. The molecule has 210 valence electrons. The Morgan fingerprint density at radius 2 is 1.88 bits per heavy atom. The van der Waals surface area contributed by atoms with Gasteiger partial charge in [0.1, 0.15) is 28.7 Å². The molecule has 1 saturated carbocycles. The molecule has 10 nitrogen and oxygen atoms in total. The molecular weight excluding hydrogens is 521 g/mol. The second-order valence-corrected chi connectivity index (χ2v) is 11.5. The van der Waals surface area contributed by atoms with Gasteiger partial charge >= 0.3 is 0 Å². The van der Waals surface area contributed by atoms with Gasteiger partial charge in [-0.1, -0.05) is 12.1 Å². The molecule has 4 atom stereocenters. The monoisotopic (exact) mass is 551 g/mol. The Morgan fingerprint density at radius 1 is 1.18 bits per heavy atom. The van der Waals surface area contributed by atoms with Crippen molar-refractivity contribution in [2.45, 2.75) is 37.5 Å². The fourth-order valence-electron chi connectivity index (χ4n) is 7.00. The van der Waals surface area contributed by atoms with E-state index in [1.165, 1.54) is 19.0 Å². The molecule has 1 amide bonds. The van der Waals surface area contributed by atoms with Crippen LogP contribution in [0.5, 0.6) is 5.75 Å². The number of phenols is 1. The van der Waals surface area contributed by atoms with Gasteiger partial charge in [-0.05, 0) is 64.0 Å². The third kappa shape index (κ3) is 3.41. The Labute approximate surface area is 228 Å². The summed E-state index contributed by atoms with van der Waals surface area (Å²) in [7, 11) is 3.04. The fraction of sp³-hybridized carbons (Fsp3) is 0.414. The van der Waals surface area contributed by atoms with E-state index in [9.17, 15) is 34.8 Å². The highest BCUT2D eigenvalue weighted by Gasteiger charge is 2.64. The number of halogens is 1. The fourth-order valence-corrected chi connectivity index (χ4v) is 7.00. The molecule has 2 fully saturated rings. The average molecular weight is 552 g/mol. The van der Waals surface area contributed by atoms with Crippen molar-refractivity contribution in [2.75, 3.05) is 27.2 Å². The molecule has 0 bridgehead atoms. The predicted octanol–water partition coefficient (Wildman–Crippen LogP) is 1.46. The molecule has 4 aliphatic rings. The molecule has 1 saturated heterocycles. The first kappa shape index (κ1) is 26.4. The number of likely N-dealkylation sites (N-methyl/N-ethyl adjacent to an activating group) is 1. The van der Waals surface area contributed by atoms with Gasteiger partial charge in [0, 0.05) is 34.4 Å². The van der Waals surface area contributed by atoms with Crippen LogP contribution in [0.4, 0.5) is 4.39 Å². The van der Waals surface area contributed by atoms with Crippen molar-refractivity contribution in [3.05, 3.63) is 57.6 Å². The largest absolute Gasteiger partial charge is 0.508 e. The second-order valence-electron chi connectivity index (χ2n) is 11.5. The van der Waals surface area contributed by atoms with Crippen LogP contribution in [0, 0.1) is 17.7 Å². The number of benzene rings is 2. The number of nitrogens with two attached hydrogens (primary N) is 1. The summed E-state index contributed by atoms with van der Waals surface area (Å²) in [5.41, 5.74) is 2.05. The van der Waals surface area contributed by atoms with Crippen LogP contribution >= 0.6 is 0 Å². The number of amides is 1. The molecule has 6 N–H and O–H groups in total. The maximum atomic E-state index is 16.0. The molecule has 3 aliphatic carbocycles. The van der Waals surface area contributed by atoms with E-state index in [1.807, 2.05) is 0 Å². The van der Waals surface area contributed by atoms with Crippen molar-refractivity contribution in [2.24, 2.45) is 17.6 Å². The number of rotatable bonds is 4. The summed E-state index contributed by atoms with van der Waals surface area (Å²) < 4.78 is 16.0. The minimum Gasteiger partial charge on any atom is -0.508 e. The lowest BCUT2D eigenvalue weighted by Gasteiger charge is -2.50. The van der Waals surface area contributed by atoms with Crippen molar-refractivity contribution in [1.29, 1.82) is 0 Å². The Morgan fingerprint density at radius 3 is 2.48 bits per heavy atom. The lowest BCUT2D eigenvalue weighted by Crippen LogP contribution is -2.65. The number of primary amides is 1. The summed E-state index contributed by atoms with van der Waals surface area (Å²) in [6, 6.07) is 3.85. The maximum absolute atomic E-state index is 16.0. The van der Waals surface area contributed by atoms with Crippen LogP contribution < -0.4 is 5.73 Å². The quantitative estimate of drug-likeness (QED) is 0.354. The van der Waals surface area contributed by atoms with Gasteiger partial charge in [-0.25, -0.2) is 4.39 Å². The number of carbonyl (C=O) groups is 3. The average Bonchev–Trinajstić information content (AvgIpc) is 2.86. The van der Waals surface area contributed by atoms with Crippen LogP contribution in [0.15, 0.2) is 35.1 Å². The highest BCUT2D eigenvalue weighted by Crippen LogP contribution is 2.53. The zero-order chi connectivity index (χ0) is 28.8. The van der Waals surface area contributed by atoms with Crippen molar-refractivity contribution in [1.82, 2.24) is 9.80 Å². The molecule has 1 heterocycles. The number of Topliss-reactive ketones (excluding diaryl/α,β-unsaturated/α-hetero) is 2. The Balaban J connectivity index is 1.54. The first-order chi connectivity index (χ1) is 18.9. The Kier molecular flexibility index (Phi) is 5.85. The minimum absolute atomic E-state index is 0.0195. The van der Waals surface area contributed by atoms with Crippen LogP contribution in [-0.2, 0) is 27.3 Å².